The van der Waals surface area contributed by atoms with Gasteiger partial charge in [-0.25, -0.2) is 0 Å². The highest BCUT2D eigenvalue weighted by molar-refractivity contribution is 14.3. The van der Waals surface area contributed by atoms with Crippen LogP contribution in [0.1, 0.15) is 0 Å². The summed E-state index contributed by atoms with van der Waals surface area (Å²) in [6.07, 6.45) is 0. The number of rotatable bonds is 4. The van der Waals surface area contributed by atoms with Crippen LogP contribution in [0.15, 0.2) is 0 Å². The topological polar surface area (TPSA) is 0 Å². The molecule has 0 radical (unpaired) electrons. The molecular weight excluding hydrogens is 629 g/mol. The molecule has 0 aliphatic carbocycles. The largest absolute Gasteiger partial charge is 0.179 e. The fourth-order valence-corrected chi connectivity index (χ4v) is 219. The molecule has 0 saturated heterocycles. The van der Waals surface area contributed by atoms with Gasteiger partial charge >= 0.3 is 0 Å². The maximum absolute atomic E-state index is 3.10. The minimum atomic E-state index is -1.10. The lowest BCUT2D eigenvalue weighted by molar-refractivity contribution is 1.80. The molecule has 0 aromatic carbocycles. The van der Waals surface area contributed by atoms with Crippen molar-refractivity contribution in [3.63, 3.8) is 0 Å². The number of hydrogen-bond acceptors (Lipinski definition) is 0. The Bertz CT molecular complexity index is 270. The van der Waals surface area contributed by atoms with E-state index < -0.39 is 29.0 Å². The van der Waals surface area contributed by atoms with E-state index in [1.807, 2.05) is 0 Å². The van der Waals surface area contributed by atoms with Gasteiger partial charge in [0.25, 0.3) is 0 Å². The molecule has 104 valence electrons. The summed E-state index contributed by atoms with van der Waals surface area (Å²) in [5.74, 6) is 0. The first-order valence-corrected chi connectivity index (χ1v) is 33.9. The van der Waals surface area contributed by atoms with Gasteiger partial charge in [-0.1, -0.05) is 58.9 Å². The van der Waals surface area contributed by atoms with Gasteiger partial charge in [-0.15, -0.1) is 65.4 Å². The first kappa shape index (κ1) is 20.3. The van der Waals surface area contributed by atoms with Crippen LogP contribution in [0.3, 0.4) is 0 Å². The van der Waals surface area contributed by atoms with E-state index in [4.69, 9.17) is 0 Å². The Morgan fingerprint density at radius 1 is 0.471 bits per heavy atom. The van der Waals surface area contributed by atoms with Crippen LogP contribution < -0.4 is 0 Å². The second kappa shape index (κ2) is 5.81. The molecule has 0 heterocycles. The van der Waals surface area contributed by atoms with Crippen molar-refractivity contribution in [1.29, 1.82) is 0 Å². The van der Waals surface area contributed by atoms with Crippen LogP contribution in [0.25, 0.3) is 0 Å². The van der Waals surface area contributed by atoms with Crippen LogP contribution in [-0.2, 0) is 0 Å². The maximum atomic E-state index is 3.10. The van der Waals surface area contributed by atoms with E-state index in [2.05, 4.69) is 124 Å². The molecule has 0 bridgehead atoms. The van der Waals surface area contributed by atoms with Crippen LogP contribution in [0.2, 0.25) is 58.9 Å². The molecule has 0 rings (SSSR count). The summed E-state index contributed by atoms with van der Waals surface area (Å²) in [6, 6.07) is 0. The third-order valence-electron chi connectivity index (χ3n) is 3.44. The van der Waals surface area contributed by atoms with Crippen molar-refractivity contribution < 1.29 is 0 Å². The van der Waals surface area contributed by atoms with E-state index in [1.165, 1.54) is 0 Å². The highest BCUT2D eigenvalue weighted by Crippen LogP contribution is 2.51. The van der Waals surface area contributed by atoms with Crippen molar-refractivity contribution in [2.75, 3.05) is 0 Å². The lowest BCUT2D eigenvalue weighted by atomic mass is 11.8. The fraction of sp³-hybridized carbons (Fsp3) is 1.00. The van der Waals surface area contributed by atoms with Crippen LogP contribution in [0.4, 0.5) is 0 Å². The molecule has 8 heteroatoms. The molecule has 0 aromatic rings. The lowest BCUT2D eigenvalue weighted by Gasteiger charge is -2.55. The van der Waals surface area contributed by atoms with E-state index >= 15 is 0 Å². The Morgan fingerprint density at radius 3 is 0.765 bits per heavy atom. The molecule has 0 N–H and O–H groups in total. The standard InChI is InChI=1S/C9H27I3Si5/c1-13(2,3)16(10,11)17(12,14(4,5)6)15(7,8)9/h1-9H3. The van der Waals surface area contributed by atoms with Gasteiger partial charge in [0, 0.05) is 15.2 Å². The molecule has 0 aliphatic rings. The molecular formula is C9H27I3Si5. The van der Waals surface area contributed by atoms with Crippen LogP contribution in [0.5, 0.6) is 0 Å². The minimum absolute atomic E-state index is 1.00. The predicted octanol–water partition coefficient (Wildman–Crippen LogP) is 6.01. The second-order valence-corrected chi connectivity index (χ2v) is 96.8. The van der Waals surface area contributed by atoms with Crippen molar-refractivity contribution in [2.45, 2.75) is 58.9 Å². The molecule has 0 unspecified atom stereocenters. The van der Waals surface area contributed by atoms with Crippen molar-refractivity contribution in [3.05, 3.63) is 0 Å². The Balaban J connectivity index is 6.04. The van der Waals surface area contributed by atoms with Gasteiger partial charge in [0.05, 0.1) is 7.59 Å². The van der Waals surface area contributed by atoms with E-state index in [0.29, 0.717) is 0 Å². The van der Waals surface area contributed by atoms with Gasteiger partial charge in [0.15, 0.2) is 2.10 Å². The number of hydrogen-bond donors (Lipinski definition) is 0. The predicted molar refractivity (Wildman–Crippen MR) is 124 cm³/mol. The second-order valence-electron chi connectivity index (χ2n) is 7.98. The fourth-order valence-electron chi connectivity index (χ4n) is 2.58. The summed E-state index contributed by atoms with van der Waals surface area (Å²) in [5.41, 5.74) is 0. The van der Waals surface area contributed by atoms with Crippen LogP contribution in [0, 0.1) is 0 Å². The third kappa shape index (κ3) is 3.73. The molecule has 0 spiro atoms. The Hall–Kier alpha value is 3.27. The van der Waals surface area contributed by atoms with Crippen molar-refractivity contribution >= 4 is 94.4 Å². The van der Waals surface area contributed by atoms with Crippen molar-refractivity contribution in [3.8, 4) is 0 Å². The monoisotopic (exact) mass is 656 g/mol. The van der Waals surface area contributed by atoms with Gasteiger partial charge in [-0.05, 0) is 0 Å². The summed E-state index contributed by atoms with van der Waals surface area (Å²) in [5, 5.41) is 0. The smallest absolute Gasteiger partial charge is 0.127 e. The Kier molecular flexibility index (Phi) is 6.93. The molecule has 0 aliphatic heterocycles. The first-order chi connectivity index (χ1) is 7.00. The highest BCUT2D eigenvalue weighted by Gasteiger charge is 2.68. The maximum Gasteiger partial charge on any atom is 0.179 e. The Labute approximate surface area is 151 Å². The molecule has 0 nitrogen and oxygen atoms in total. The molecule has 0 saturated carbocycles. The van der Waals surface area contributed by atoms with Crippen molar-refractivity contribution in [2.24, 2.45) is 0 Å². The average molecular weight is 656 g/mol. The zero-order valence-corrected chi connectivity index (χ0v) is 24.1. The molecule has 0 amide bonds. The highest BCUT2D eigenvalue weighted by atomic mass is 127. The van der Waals surface area contributed by atoms with E-state index in [0.717, 1.165) is 0 Å². The zero-order valence-electron chi connectivity index (χ0n) is 12.6. The van der Waals surface area contributed by atoms with Gasteiger partial charge in [0.2, 0.25) is 0 Å². The first-order valence-electron chi connectivity index (χ1n) is 6.07. The van der Waals surface area contributed by atoms with Crippen LogP contribution >= 0.6 is 65.4 Å². The zero-order chi connectivity index (χ0) is 14.5. The summed E-state index contributed by atoms with van der Waals surface area (Å²) in [4.78, 5) is 0. The summed E-state index contributed by atoms with van der Waals surface area (Å²) >= 11 is 9.15. The van der Waals surface area contributed by atoms with Gasteiger partial charge in [-0.3, -0.25) is 0 Å². The Morgan fingerprint density at radius 2 is 0.706 bits per heavy atom. The minimum Gasteiger partial charge on any atom is -0.127 e. The van der Waals surface area contributed by atoms with Crippen molar-refractivity contribution in [1.82, 2.24) is 0 Å². The molecule has 0 atom stereocenters. The van der Waals surface area contributed by atoms with E-state index in [1.54, 1.807) is 0 Å². The normalized spacial score (nSPS) is 16.2. The van der Waals surface area contributed by atoms with Crippen LogP contribution in [-0.4, -0.2) is 29.0 Å². The number of halogens is 3. The SMILES string of the molecule is C[Si](C)(C)[Si](I)(I)[Si](I)([Si](C)(C)C)[Si](C)(C)C. The summed E-state index contributed by atoms with van der Waals surface area (Å²) in [6.45, 7) is 23.9. The van der Waals surface area contributed by atoms with E-state index in [-0.39, 0.29) is 0 Å². The van der Waals surface area contributed by atoms with Gasteiger partial charge in [-0.2, -0.15) is 0 Å². The quantitative estimate of drug-likeness (QED) is 0.198. The molecule has 0 aromatic heterocycles. The summed E-state index contributed by atoms with van der Waals surface area (Å²) < 4.78 is -2.20. The average Bonchev–Trinajstić information content (AvgIpc) is 1.95. The molecule has 17 heavy (non-hydrogen) atoms. The van der Waals surface area contributed by atoms with E-state index in [9.17, 15) is 0 Å². The molecule has 0 fully saturated rings. The van der Waals surface area contributed by atoms with Gasteiger partial charge in [0.1, 0.15) is 4.12 Å². The summed E-state index contributed by atoms with van der Waals surface area (Å²) in [7, 11) is -3.05. The van der Waals surface area contributed by atoms with Gasteiger partial charge < -0.3 is 0 Å². The lowest BCUT2D eigenvalue weighted by Crippen LogP contribution is -2.83. The third-order valence-corrected chi connectivity index (χ3v) is 201.